The third-order valence-electron chi connectivity index (χ3n) is 1.50. The Morgan fingerprint density at radius 2 is 2.09 bits per heavy atom. The third kappa shape index (κ3) is 1.20. The van der Waals surface area contributed by atoms with E-state index >= 15 is 0 Å². The number of rotatable bonds is 1. The van der Waals surface area contributed by atoms with E-state index in [0.29, 0.717) is 0 Å². The van der Waals surface area contributed by atoms with Crippen molar-refractivity contribution in [1.82, 2.24) is 7.96 Å². The Hall–Kier alpha value is -0.701. The zero-order valence-corrected chi connectivity index (χ0v) is 7.40. The van der Waals surface area contributed by atoms with Crippen LogP contribution in [0.1, 0.15) is 5.56 Å². The van der Waals surface area contributed by atoms with Crippen molar-refractivity contribution in [3.63, 3.8) is 0 Å². The average molecular weight is 213 g/mol. The van der Waals surface area contributed by atoms with Crippen LogP contribution in [-0.2, 0) is 6.61 Å². The van der Waals surface area contributed by atoms with Crippen LogP contribution in [0.3, 0.4) is 0 Å². The van der Waals surface area contributed by atoms with Crippen LogP contribution >= 0.6 is 0 Å². The molecular formula is C7H6N2OSe. The van der Waals surface area contributed by atoms with Crippen LogP contribution in [0, 0.1) is 0 Å². The topological polar surface area (TPSA) is 46.0 Å². The summed E-state index contributed by atoms with van der Waals surface area (Å²) in [6.07, 6.45) is 0. The van der Waals surface area contributed by atoms with Crippen molar-refractivity contribution in [2.45, 2.75) is 6.61 Å². The Balaban J connectivity index is 2.67. The number of aliphatic hydroxyl groups is 1. The number of hydrogen-bond acceptors (Lipinski definition) is 3. The van der Waals surface area contributed by atoms with Crippen LogP contribution in [-0.4, -0.2) is 28.0 Å². The van der Waals surface area contributed by atoms with Crippen molar-refractivity contribution < 1.29 is 5.11 Å². The fraction of sp³-hybridized carbons (Fsp3) is 0.143. The fourth-order valence-corrected chi connectivity index (χ4v) is 2.01. The van der Waals surface area contributed by atoms with Crippen LogP contribution < -0.4 is 0 Å². The van der Waals surface area contributed by atoms with Gasteiger partial charge in [0, 0.05) is 0 Å². The first kappa shape index (κ1) is 6.98. The fourth-order valence-electron chi connectivity index (χ4n) is 0.926. The van der Waals surface area contributed by atoms with Crippen LogP contribution in [0.15, 0.2) is 18.2 Å². The quantitative estimate of drug-likeness (QED) is 0.687. The van der Waals surface area contributed by atoms with E-state index in [0.717, 1.165) is 16.6 Å². The summed E-state index contributed by atoms with van der Waals surface area (Å²) >= 11 is 0.0381. The molecule has 4 heteroatoms. The van der Waals surface area contributed by atoms with Gasteiger partial charge in [-0.15, -0.1) is 0 Å². The van der Waals surface area contributed by atoms with Gasteiger partial charge in [0.1, 0.15) is 0 Å². The monoisotopic (exact) mass is 214 g/mol. The summed E-state index contributed by atoms with van der Waals surface area (Å²) in [5.74, 6) is 0. The van der Waals surface area contributed by atoms with Crippen molar-refractivity contribution >= 4 is 26.0 Å². The predicted octanol–water partition coefficient (Wildman–Crippen LogP) is 0.179. The molecule has 1 aromatic heterocycles. The Kier molecular flexibility index (Phi) is 1.74. The molecule has 0 bridgehead atoms. The molecule has 1 aromatic carbocycles. The van der Waals surface area contributed by atoms with E-state index in [1.165, 1.54) is 0 Å². The number of aliphatic hydroxyl groups excluding tert-OH is 1. The van der Waals surface area contributed by atoms with Crippen molar-refractivity contribution in [2.75, 3.05) is 0 Å². The van der Waals surface area contributed by atoms with Crippen LogP contribution in [0.25, 0.3) is 11.0 Å². The van der Waals surface area contributed by atoms with Crippen LogP contribution in [0.5, 0.6) is 0 Å². The van der Waals surface area contributed by atoms with Gasteiger partial charge in [0.25, 0.3) is 0 Å². The van der Waals surface area contributed by atoms with E-state index in [-0.39, 0.29) is 21.6 Å². The maximum absolute atomic E-state index is 8.80. The number of hydrogen-bond donors (Lipinski definition) is 1. The molecule has 1 N–H and O–H groups in total. The molecule has 0 aliphatic carbocycles. The van der Waals surface area contributed by atoms with Crippen LogP contribution in [0.2, 0.25) is 0 Å². The minimum atomic E-state index is 0.0381. The molecule has 0 aliphatic heterocycles. The standard InChI is InChI=1S/C7H6N2OSe/c10-4-5-1-2-6-7(3-5)9-11-8-6/h1-3,10H,4H2. The summed E-state index contributed by atoms with van der Waals surface area (Å²) in [7, 11) is 0. The Labute approximate surface area is 69.9 Å². The first-order chi connectivity index (χ1) is 5.40. The van der Waals surface area contributed by atoms with Gasteiger partial charge in [0.2, 0.25) is 0 Å². The molecule has 0 saturated carbocycles. The summed E-state index contributed by atoms with van der Waals surface area (Å²) in [6, 6.07) is 5.66. The second-order valence-corrected chi connectivity index (χ2v) is 3.35. The second kappa shape index (κ2) is 2.74. The Bertz CT molecular complexity index is 371. The molecule has 0 unspecified atom stereocenters. The van der Waals surface area contributed by atoms with Crippen molar-refractivity contribution in [3.05, 3.63) is 23.8 Å². The van der Waals surface area contributed by atoms with E-state index in [1.54, 1.807) is 0 Å². The summed E-state index contributed by atoms with van der Waals surface area (Å²) in [5.41, 5.74) is 2.79. The Morgan fingerprint density at radius 1 is 1.27 bits per heavy atom. The molecule has 0 saturated heterocycles. The van der Waals surface area contributed by atoms with Gasteiger partial charge in [-0.2, -0.15) is 0 Å². The number of benzene rings is 1. The van der Waals surface area contributed by atoms with Crippen molar-refractivity contribution in [3.8, 4) is 0 Å². The maximum atomic E-state index is 8.80. The van der Waals surface area contributed by atoms with Gasteiger partial charge in [0.05, 0.1) is 0 Å². The molecule has 0 fully saturated rings. The Morgan fingerprint density at radius 3 is 2.91 bits per heavy atom. The number of nitrogens with zero attached hydrogens (tertiary/aromatic N) is 2. The number of aromatic nitrogens is 2. The van der Waals surface area contributed by atoms with E-state index in [1.807, 2.05) is 18.2 Å². The van der Waals surface area contributed by atoms with Gasteiger partial charge in [-0.1, -0.05) is 0 Å². The molecule has 3 nitrogen and oxygen atoms in total. The predicted molar refractivity (Wildman–Crippen MR) is 42.4 cm³/mol. The molecule has 0 atom stereocenters. The van der Waals surface area contributed by atoms with Gasteiger partial charge >= 0.3 is 69.4 Å². The molecule has 1 heterocycles. The first-order valence-electron chi connectivity index (χ1n) is 3.22. The molecule has 0 amide bonds. The SMILES string of the molecule is OCc1ccc2n[se]nc2c1. The van der Waals surface area contributed by atoms with Crippen molar-refractivity contribution in [2.24, 2.45) is 0 Å². The van der Waals surface area contributed by atoms with E-state index in [2.05, 4.69) is 7.96 Å². The number of fused-ring (bicyclic) bond motifs is 1. The summed E-state index contributed by atoms with van der Waals surface area (Å²) in [4.78, 5) is 0. The zero-order chi connectivity index (χ0) is 7.68. The van der Waals surface area contributed by atoms with E-state index < -0.39 is 0 Å². The molecule has 0 aliphatic rings. The molecule has 56 valence electrons. The zero-order valence-electron chi connectivity index (χ0n) is 5.69. The molecule has 11 heavy (non-hydrogen) atoms. The molecule has 2 aromatic rings. The summed E-state index contributed by atoms with van der Waals surface area (Å²) in [5, 5.41) is 8.80. The molecule has 2 rings (SSSR count). The molecule has 0 spiro atoms. The second-order valence-electron chi connectivity index (χ2n) is 2.25. The minimum absolute atomic E-state index is 0.0381. The normalized spacial score (nSPS) is 10.6. The van der Waals surface area contributed by atoms with Gasteiger partial charge in [-0.25, -0.2) is 0 Å². The van der Waals surface area contributed by atoms with Gasteiger partial charge in [-0.3, -0.25) is 0 Å². The van der Waals surface area contributed by atoms with Gasteiger partial charge in [-0.05, 0) is 0 Å². The van der Waals surface area contributed by atoms with Crippen molar-refractivity contribution in [1.29, 1.82) is 0 Å². The average Bonchev–Trinajstić information content (AvgIpc) is 2.50. The van der Waals surface area contributed by atoms with E-state index in [9.17, 15) is 0 Å². The van der Waals surface area contributed by atoms with Gasteiger partial charge < -0.3 is 0 Å². The van der Waals surface area contributed by atoms with Gasteiger partial charge in [0.15, 0.2) is 0 Å². The summed E-state index contributed by atoms with van der Waals surface area (Å²) in [6.45, 7) is 0.0792. The first-order valence-corrected chi connectivity index (χ1v) is 4.75. The van der Waals surface area contributed by atoms with E-state index in [4.69, 9.17) is 5.11 Å². The van der Waals surface area contributed by atoms with Crippen LogP contribution in [0.4, 0.5) is 0 Å². The summed E-state index contributed by atoms with van der Waals surface area (Å²) < 4.78 is 8.38. The molecular weight excluding hydrogens is 207 g/mol. The molecule has 0 radical (unpaired) electrons. The third-order valence-corrected chi connectivity index (χ3v) is 2.67.